The van der Waals surface area contributed by atoms with E-state index in [2.05, 4.69) is 10.6 Å². The zero-order valence-corrected chi connectivity index (χ0v) is 13.0. The van der Waals surface area contributed by atoms with E-state index in [-0.39, 0.29) is 6.03 Å². The van der Waals surface area contributed by atoms with Gasteiger partial charge in [0.2, 0.25) is 0 Å². The molecule has 5 nitrogen and oxygen atoms in total. The normalized spacial score (nSPS) is 9.95. The van der Waals surface area contributed by atoms with Crippen molar-refractivity contribution in [3.05, 3.63) is 53.6 Å². The van der Waals surface area contributed by atoms with E-state index < -0.39 is 0 Å². The molecular weight excluding hydrogens is 280 g/mol. The number of rotatable bonds is 5. The van der Waals surface area contributed by atoms with Crippen molar-refractivity contribution in [2.75, 3.05) is 19.5 Å². The first kappa shape index (κ1) is 15.7. The van der Waals surface area contributed by atoms with Crippen LogP contribution in [0.4, 0.5) is 10.5 Å². The van der Waals surface area contributed by atoms with Gasteiger partial charge in [-0.05, 0) is 24.6 Å². The second-order valence-electron chi connectivity index (χ2n) is 4.86. The minimum absolute atomic E-state index is 0.288. The van der Waals surface area contributed by atoms with Crippen LogP contribution in [0.25, 0.3) is 0 Å². The van der Waals surface area contributed by atoms with Gasteiger partial charge in [0, 0.05) is 12.6 Å². The first-order chi connectivity index (χ1) is 10.6. The molecule has 0 saturated carbocycles. The molecule has 2 amide bonds. The van der Waals surface area contributed by atoms with Crippen molar-refractivity contribution in [1.82, 2.24) is 5.32 Å². The average molecular weight is 300 g/mol. The highest BCUT2D eigenvalue weighted by Gasteiger charge is 2.08. The van der Waals surface area contributed by atoms with Crippen LogP contribution in [0.15, 0.2) is 42.5 Å². The molecule has 2 aromatic rings. The lowest BCUT2D eigenvalue weighted by Gasteiger charge is -2.12. The van der Waals surface area contributed by atoms with E-state index in [0.717, 1.165) is 5.56 Å². The third-order valence-electron chi connectivity index (χ3n) is 3.23. The van der Waals surface area contributed by atoms with E-state index in [1.54, 1.807) is 32.4 Å². The summed E-state index contributed by atoms with van der Waals surface area (Å²) in [5.41, 5.74) is 2.82. The Morgan fingerprint density at radius 3 is 2.41 bits per heavy atom. The van der Waals surface area contributed by atoms with Gasteiger partial charge in [0.25, 0.3) is 0 Å². The van der Waals surface area contributed by atoms with Crippen LogP contribution in [0.1, 0.15) is 11.1 Å². The Morgan fingerprint density at radius 1 is 1.05 bits per heavy atom. The van der Waals surface area contributed by atoms with Crippen molar-refractivity contribution in [2.24, 2.45) is 0 Å². The van der Waals surface area contributed by atoms with Crippen molar-refractivity contribution in [2.45, 2.75) is 13.5 Å². The highest BCUT2D eigenvalue weighted by Crippen LogP contribution is 2.28. The summed E-state index contributed by atoms with van der Waals surface area (Å²) in [6, 6.07) is 12.9. The van der Waals surface area contributed by atoms with Crippen molar-refractivity contribution in [1.29, 1.82) is 0 Å². The van der Waals surface area contributed by atoms with Crippen LogP contribution >= 0.6 is 0 Å². The van der Waals surface area contributed by atoms with E-state index in [4.69, 9.17) is 9.47 Å². The molecule has 0 aliphatic rings. The van der Waals surface area contributed by atoms with Crippen LogP contribution in [0, 0.1) is 6.92 Å². The predicted octanol–water partition coefficient (Wildman–Crippen LogP) is 3.33. The maximum atomic E-state index is 12.0. The molecule has 0 saturated heterocycles. The summed E-state index contributed by atoms with van der Waals surface area (Å²) in [5, 5.41) is 5.57. The zero-order chi connectivity index (χ0) is 15.9. The largest absolute Gasteiger partial charge is 0.497 e. The molecular formula is C17H20N2O3. The van der Waals surface area contributed by atoms with Crippen LogP contribution < -0.4 is 20.1 Å². The third-order valence-corrected chi connectivity index (χ3v) is 3.23. The smallest absolute Gasteiger partial charge is 0.319 e. The fraction of sp³-hybridized carbons (Fsp3) is 0.235. The molecule has 0 heterocycles. The molecule has 0 aliphatic carbocycles. The molecule has 116 valence electrons. The molecule has 5 heteroatoms. The number of methoxy groups -OCH3 is 2. The summed E-state index contributed by atoms with van der Waals surface area (Å²) in [6.45, 7) is 2.49. The van der Waals surface area contributed by atoms with Crippen molar-refractivity contribution >= 4 is 11.7 Å². The average Bonchev–Trinajstić information content (AvgIpc) is 2.54. The Morgan fingerprint density at radius 2 is 1.77 bits per heavy atom. The van der Waals surface area contributed by atoms with Gasteiger partial charge in [-0.2, -0.15) is 0 Å². The Hall–Kier alpha value is -2.69. The van der Waals surface area contributed by atoms with Crippen LogP contribution in [-0.2, 0) is 6.54 Å². The second kappa shape index (κ2) is 7.36. The molecule has 0 aromatic heterocycles. The topological polar surface area (TPSA) is 59.6 Å². The number of amides is 2. The number of carbonyl (C=O) groups excluding carboxylic acids is 1. The van der Waals surface area contributed by atoms with Gasteiger partial charge >= 0.3 is 6.03 Å². The number of ether oxygens (including phenoxy) is 2. The summed E-state index contributed by atoms with van der Waals surface area (Å²) in [7, 11) is 3.13. The lowest BCUT2D eigenvalue weighted by molar-refractivity contribution is 0.251. The lowest BCUT2D eigenvalue weighted by atomic mass is 10.1. The Bertz CT molecular complexity index is 639. The molecule has 0 bridgehead atoms. The first-order valence-electron chi connectivity index (χ1n) is 6.95. The first-order valence-corrected chi connectivity index (χ1v) is 6.95. The molecule has 0 spiro atoms. The van der Waals surface area contributed by atoms with Gasteiger partial charge in [-0.15, -0.1) is 0 Å². The summed E-state index contributed by atoms with van der Waals surface area (Å²) >= 11 is 0. The molecule has 0 fully saturated rings. The van der Waals surface area contributed by atoms with Gasteiger partial charge in [-0.25, -0.2) is 4.79 Å². The Kier molecular flexibility index (Phi) is 5.25. The maximum Gasteiger partial charge on any atom is 0.319 e. The van der Waals surface area contributed by atoms with E-state index in [1.165, 1.54) is 5.56 Å². The number of benzene rings is 2. The summed E-state index contributed by atoms with van der Waals surface area (Å²) < 4.78 is 10.4. The van der Waals surface area contributed by atoms with Gasteiger partial charge in [-0.1, -0.05) is 29.8 Å². The predicted molar refractivity (Wildman–Crippen MR) is 86.6 cm³/mol. The number of urea groups is 1. The van der Waals surface area contributed by atoms with Crippen molar-refractivity contribution in [3.63, 3.8) is 0 Å². The minimum Gasteiger partial charge on any atom is -0.497 e. The van der Waals surface area contributed by atoms with E-state index in [9.17, 15) is 4.79 Å². The Balaban J connectivity index is 1.95. The molecule has 2 rings (SSSR count). The fourth-order valence-corrected chi connectivity index (χ4v) is 1.96. The Labute approximate surface area is 130 Å². The molecule has 22 heavy (non-hydrogen) atoms. The van der Waals surface area contributed by atoms with Crippen LogP contribution in [0.2, 0.25) is 0 Å². The maximum absolute atomic E-state index is 12.0. The molecule has 0 unspecified atom stereocenters. The van der Waals surface area contributed by atoms with Crippen LogP contribution in [-0.4, -0.2) is 20.3 Å². The highest BCUT2D eigenvalue weighted by atomic mass is 16.5. The number of aryl methyl sites for hydroxylation is 1. The number of anilines is 1. The van der Waals surface area contributed by atoms with Crippen LogP contribution in [0.5, 0.6) is 11.5 Å². The fourth-order valence-electron chi connectivity index (χ4n) is 1.96. The van der Waals surface area contributed by atoms with Gasteiger partial charge in [0.1, 0.15) is 11.5 Å². The molecule has 2 aromatic carbocycles. The van der Waals surface area contributed by atoms with Crippen molar-refractivity contribution in [3.8, 4) is 11.5 Å². The number of carbonyl (C=O) groups is 1. The lowest BCUT2D eigenvalue weighted by Crippen LogP contribution is -2.28. The van der Waals surface area contributed by atoms with Gasteiger partial charge in [0.05, 0.1) is 19.9 Å². The SMILES string of the molecule is COc1ccc(NC(=O)NCc2ccc(C)cc2)c(OC)c1. The molecule has 0 atom stereocenters. The van der Waals surface area contributed by atoms with Crippen molar-refractivity contribution < 1.29 is 14.3 Å². The quantitative estimate of drug-likeness (QED) is 0.890. The minimum atomic E-state index is -0.288. The number of hydrogen-bond donors (Lipinski definition) is 2. The monoisotopic (exact) mass is 300 g/mol. The number of hydrogen-bond acceptors (Lipinski definition) is 3. The number of nitrogens with one attached hydrogen (secondary N) is 2. The summed E-state index contributed by atoms with van der Waals surface area (Å²) in [5.74, 6) is 1.22. The van der Waals surface area contributed by atoms with E-state index in [0.29, 0.717) is 23.7 Å². The summed E-state index contributed by atoms with van der Waals surface area (Å²) in [6.07, 6.45) is 0. The van der Waals surface area contributed by atoms with Gasteiger partial charge in [0.15, 0.2) is 0 Å². The second-order valence-corrected chi connectivity index (χ2v) is 4.86. The molecule has 0 radical (unpaired) electrons. The van der Waals surface area contributed by atoms with E-state index in [1.807, 2.05) is 31.2 Å². The molecule has 0 aliphatic heterocycles. The summed E-state index contributed by atoms with van der Waals surface area (Å²) in [4.78, 5) is 12.0. The molecule has 2 N–H and O–H groups in total. The highest BCUT2D eigenvalue weighted by molar-refractivity contribution is 5.91. The van der Waals surface area contributed by atoms with Gasteiger partial charge in [-0.3, -0.25) is 0 Å². The van der Waals surface area contributed by atoms with E-state index >= 15 is 0 Å². The van der Waals surface area contributed by atoms with Crippen LogP contribution in [0.3, 0.4) is 0 Å². The standard InChI is InChI=1S/C17H20N2O3/c1-12-4-6-13(7-5-12)11-18-17(20)19-15-9-8-14(21-2)10-16(15)22-3/h4-10H,11H2,1-3H3,(H2,18,19,20). The van der Waals surface area contributed by atoms with Gasteiger partial charge < -0.3 is 20.1 Å². The zero-order valence-electron chi connectivity index (χ0n) is 13.0. The third kappa shape index (κ3) is 4.15.